The molecule has 0 aliphatic carbocycles. The van der Waals surface area contributed by atoms with E-state index in [4.69, 9.17) is 5.73 Å². The average molecular weight is 170 g/mol. The van der Waals surface area contributed by atoms with Crippen LogP contribution in [0.3, 0.4) is 0 Å². The molecule has 0 aliphatic rings. The van der Waals surface area contributed by atoms with Crippen molar-refractivity contribution >= 4 is 17.3 Å². The zero-order valence-corrected chi connectivity index (χ0v) is 7.79. The molecule has 3 N–H and O–H groups in total. The normalized spacial score (nSPS) is 9.00. The molecule has 62 valence electrons. The van der Waals surface area contributed by atoms with Crippen LogP contribution in [0, 0.1) is 5.92 Å². The fourth-order valence-corrected chi connectivity index (χ4v) is 0.848. The van der Waals surface area contributed by atoms with Gasteiger partial charge in [-0.05, 0) is 24.6 Å². The topological polar surface area (TPSA) is 38.0 Å². The molecule has 3 heteroatoms. The third-order valence-corrected chi connectivity index (χ3v) is 1.20. The highest BCUT2D eigenvalue weighted by atomic mass is 32.1. The lowest BCUT2D eigenvalue weighted by Gasteiger charge is -2.08. The third kappa shape index (κ3) is 5.64. The van der Waals surface area contributed by atoms with Crippen LogP contribution in [0.1, 0.15) is 20.3 Å². The predicted octanol–water partition coefficient (Wildman–Crippen LogP) is 1.53. The second kappa shape index (κ2) is 4.94. The third-order valence-electron chi connectivity index (χ3n) is 1.10. The van der Waals surface area contributed by atoms with Crippen molar-refractivity contribution in [1.29, 1.82) is 0 Å². The van der Waals surface area contributed by atoms with E-state index >= 15 is 0 Å². The molecule has 0 aromatic carbocycles. The summed E-state index contributed by atoms with van der Waals surface area (Å²) in [5, 5.41) is 3.09. The van der Waals surface area contributed by atoms with E-state index < -0.39 is 0 Å². The van der Waals surface area contributed by atoms with Crippen molar-refractivity contribution in [2.24, 2.45) is 11.7 Å². The monoisotopic (exact) mass is 170 g/mol. The van der Waals surface area contributed by atoms with Gasteiger partial charge in [0.1, 0.15) is 0 Å². The lowest BCUT2D eigenvalue weighted by Crippen LogP contribution is -2.28. The summed E-state index contributed by atoms with van der Waals surface area (Å²) in [6.07, 6.45) is 0.876. The van der Waals surface area contributed by atoms with Gasteiger partial charge in [0.05, 0.1) is 5.70 Å². The molecule has 0 spiro atoms. The molecule has 0 saturated heterocycles. The first-order valence-corrected chi connectivity index (χ1v) is 3.92. The standard InChI is InChI=1S/C8H14N2S/c1-4-7(5-6(2)3)10-8(9)11/h6H,1,5H2,2-3H3,(H3,9,10,11). The highest BCUT2D eigenvalue weighted by Gasteiger charge is 1.99. The van der Waals surface area contributed by atoms with Crippen molar-refractivity contribution in [1.82, 2.24) is 5.32 Å². The molecule has 0 aliphatic heterocycles. The van der Waals surface area contributed by atoms with Crippen molar-refractivity contribution in [2.75, 3.05) is 0 Å². The molecule has 11 heavy (non-hydrogen) atoms. The Morgan fingerprint density at radius 3 is 2.55 bits per heavy atom. The van der Waals surface area contributed by atoms with E-state index in [1.165, 1.54) is 0 Å². The van der Waals surface area contributed by atoms with Crippen LogP contribution < -0.4 is 11.1 Å². The summed E-state index contributed by atoms with van der Waals surface area (Å²) in [4.78, 5) is 0. The first-order valence-electron chi connectivity index (χ1n) is 3.51. The van der Waals surface area contributed by atoms with Gasteiger partial charge in [0, 0.05) is 0 Å². The number of hydrogen-bond acceptors (Lipinski definition) is 1. The summed E-state index contributed by atoms with van der Waals surface area (Å²) in [6.45, 7) is 7.75. The Morgan fingerprint density at radius 2 is 2.27 bits per heavy atom. The quantitative estimate of drug-likeness (QED) is 0.498. The molecule has 2 nitrogen and oxygen atoms in total. The van der Waals surface area contributed by atoms with Crippen LogP contribution in [-0.2, 0) is 0 Å². The summed E-state index contributed by atoms with van der Waals surface area (Å²) in [7, 11) is 0. The van der Waals surface area contributed by atoms with Crippen molar-refractivity contribution in [3.05, 3.63) is 18.0 Å². The van der Waals surface area contributed by atoms with Gasteiger partial charge in [0.2, 0.25) is 0 Å². The molecule has 0 atom stereocenters. The average Bonchev–Trinajstić information content (AvgIpc) is 1.84. The minimum absolute atomic E-state index is 0.275. The van der Waals surface area contributed by atoms with Crippen LogP contribution in [0.4, 0.5) is 0 Å². The van der Waals surface area contributed by atoms with E-state index in [1.807, 2.05) is 0 Å². The summed E-state index contributed by atoms with van der Waals surface area (Å²) in [6, 6.07) is 0. The van der Waals surface area contributed by atoms with E-state index in [2.05, 4.69) is 43.7 Å². The molecule has 0 rings (SSSR count). The Bertz CT molecular complexity index is 190. The van der Waals surface area contributed by atoms with Gasteiger partial charge in [-0.1, -0.05) is 20.4 Å². The molecule has 0 bridgehead atoms. The maximum atomic E-state index is 5.28. The second-order valence-electron chi connectivity index (χ2n) is 2.74. The van der Waals surface area contributed by atoms with Gasteiger partial charge in [0.25, 0.3) is 0 Å². The smallest absolute Gasteiger partial charge is 0.168 e. The van der Waals surface area contributed by atoms with E-state index in [1.54, 1.807) is 0 Å². The molecular formula is C8H14N2S. The molecule has 0 saturated carbocycles. The molecule has 0 fully saturated rings. The molecule has 0 aromatic rings. The summed E-state index contributed by atoms with van der Waals surface area (Å²) >= 11 is 4.67. The second-order valence-corrected chi connectivity index (χ2v) is 3.18. The maximum absolute atomic E-state index is 5.28. The molecule has 0 aromatic heterocycles. The van der Waals surface area contributed by atoms with Gasteiger partial charge in [-0.3, -0.25) is 0 Å². The van der Waals surface area contributed by atoms with Gasteiger partial charge in [-0.15, -0.1) is 5.73 Å². The Labute approximate surface area is 73.2 Å². The lowest BCUT2D eigenvalue weighted by atomic mass is 10.1. The zero-order chi connectivity index (χ0) is 8.85. The minimum Gasteiger partial charge on any atom is -0.376 e. The van der Waals surface area contributed by atoms with Crippen LogP contribution in [0.15, 0.2) is 18.0 Å². The number of nitrogens with two attached hydrogens (primary N) is 1. The van der Waals surface area contributed by atoms with Gasteiger partial charge in [-0.25, -0.2) is 0 Å². The minimum atomic E-state index is 0.275. The van der Waals surface area contributed by atoms with Gasteiger partial charge in [0.15, 0.2) is 5.11 Å². The first-order chi connectivity index (χ1) is 5.06. The lowest BCUT2D eigenvalue weighted by molar-refractivity contribution is 0.629. The number of thiocarbonyl (C=S) groups is 1. The van der Waals surface area contributed by atoms with E-state index in [0.29, 0.717) is 5.92 Å². The van der Waals surface area contributed by atoms with Crippen LogP contribution in [0.2, 0.25) is 0 Å². The number of rotatable bonds is 3. The summed E-state index contributed by atoms with van der Waals surface area (Å²) < 4.78 is 0. The highest BCUT2D eigenvalue weighted by Crippen LogP contribution is 2.05. The van der Waals surface area contributed by atoms with E-state index in [0.717, 1.165) is 12.1 Å². The maximum Gasteiger partial charge on any atom is 0.168 e. The zero-order valence-electron chi connectivity index (χ0n) is 6.98. The Hall–Kier alpha value is -0.790. The molecule has 0 amide bonds. The van der Waals surface area contributed by atoms with Crippen molar-refractivity contribution < 1.29 is 0 Å². The highest BCUT2D eigenvalue weighted by molar-refractivity contribution is 7.80. The summed E-state index contributed by atoms with van der Waals surface area (Å²) in [5.74, 6) is 0.557. The molecule has 0 radical (unpaired) electrons. The molecule has 0 unspecified atom stereocenters. The Balaban J connectivity index is 3.99. The number of allylic oxidation sites excluding steroid dienone is 1. The predicted molar refractivity (Wildman–Crippen MR) is 52.0 cm³/mol. The first kappa shape index (κ1) is 10.2. The van der Waals surface area contributed by atoms with Gasteiger partial charge in [-0.2, -0.15) is 0 Å². The van der Waals surface area contributed by atoms with E-state index in [9.17, 15) is 0 Å². The Kier molecular flexibility index (Phi) is 4.59. The van der Waals surface area contributed by atoms with Crippen molar-refractivity contribution in [2.45, 2.75) is 20.3 Å². The number of nitrogens with one attached hydrogen (secondary N) is 1. The Morgan fingerprint density at radius 1 is 1.73 bits per heavy atom. The molecular weight excluding hydrogens is 156 g/mol. The van der Waals surface area contributed by atoms with E-state index in [-0.39, 0.29) is 5.11 Å². The molecule has 0 heterocycles. The van der Waals surface area contributed by atoms with Gasteiger partial charge >= 0.3 is 0 Å². The fourth-order valence-electron chi connectivity index (χ4n) is 0.724. The van der Waals surface area contributed by atoms with Crippen LogP contribution in [-0.4, -0.2) is 5.11 Å². The largest absolute Gasteiger partial charge is 0.376 e. The summed E-state index contributed by atoms with van der Waals surface area (Å²) in [5.41, 5.74) is 8.90. The SMILES string of the molecule is C=C=C(CC(C)C)NC(N)=S. The van der Waals surface area contributed by atoms with Gasteiger partial charge < -0.3 is 11.1 Å². The van der Waals surface area contributed by atoms with Crippen LogP contribution >= 0.6 is 12.2 Å². The van der Waals surface area contributed by atoms with Crippen LogP contribution in [0.5, 0.6) is 0 Å². The van der Waals surface area contributed by atoms with Crippen LogP contribution in [0.25, 0.3) is 0 Å². The fraction of sp³-hybridized carbons (Fsp3) is 0.500. The van der Waals surface area contributed by atoms with Crippen molar-refractivity contribution in [3.8, 4) is 0 Å². The van der Waals surface area contributed by atoms with Crippen molar-refractivity contribution in [3.63, 3.8) is 0 Å². The number of hydrogen-bond donors (Lipinski definition) is 2.